The molecular weight excluding hydrogens is 214 g/mol. The van der Waals surface area contributed by atoms with E-state index < -0.39 is 11.6 Å². The molecule has 82 valence electrons. The third-order valence-electron chi connectivity index (χ3n) is 1.99. The average molecular weight is 222 g/mol. The van der Waals surface area contributed by atoms with Crippen molar-refractivity contribution >= 4 is 11.8 Å². The second-order valence-corrected chi connectivity index (χ2v) is 3.14. The number of halogens is 2. The molecule has 0 aliphatic carbocycles. The van der Waals surface area contributed by atoms with Gasteiger partial charge in [-0.2, -0.15) is 4.98 Å². The van der Waals surface area contributed by atoms with Crippen LogP contribution in [0.25, 0.3) is 11.3 Å². The molecule has 0 spiro atoms. The van der Waals surface area contributed by atoms with E-state index in [1.54, 1.807) is 0 Å². The Morgan fingerprint density at radius 2 is 1.81 bits per heavy atom. The van der Waals surface area contributed by atoms with Gasteiger partial charge in [-0.15, -0.1) is 0 Å². The van der Waals surface area contributed by atoms with Crippen molar-refractivity contribution in [2.24, 2.45) is 0 Å². The molecule has 4 N–H and O–H groups in total. The highest BCUT2D eigenvalue weighted by molar-refractivity contribution is 5.63. The van der Waals surface area contributed by atoms with E-state index in [1.807, 2.05) is 0 Å². The van der Waals surface area contributed by atoms with Crippen LogP contribution in [0.15, 0.2) is 24.3 Å². The number of hydrogen-bond donors (Lipinski definition) is 2. The summed E-state index contributed by atoms with van der Waals surface area (Å²) in [6, 6.07) is 5.11. The van der Waals surface area contributed by atoms with E-state index in [-0.39, 0.29) is 23.0 Å². The predicted molar refractivity (Wildman–Crippen MR) is 56.2 cm³/mol. The van der Waals surface area contributed by atoms with Gasteiger partial charge in [-0.1, -0.05) is 6.07 Å². The maximum atomic E-state index is 13.4. The topological polar surface area (TPSA) is 77.8 Å². The third-order valence-corrected chi connectivity index (χ3v) is 1.99. The summed E-state index contributed by atoms with van der Waals surface area (Å²) in [6.45, 7) is 0. The van der Waals surface area contributed by atoms with E-state index in [1.165, 1.54) is 18.2 Å². The molecule has 6 heteroatoms. The summed E-state index contributed by atoms with van der Waals surface area (Å²) < 4.78 is 26.4. The predicted octanol–water partition coefficient (Wildman–Crippen LogP) is 1.59. The Hall–Kier alpha value is -2.24. The highest BCUT2D eigenvalue weighted by Crippen LogP contribution is 2.24. The minimum atomic E-state index is -0.986. The first-order chi connectivity index (χ1) is 7.58. The molecule has 4 nitrogen and oxygen atoms in total. The first-order valence-corrected chi connectivity index (χ1v) is 4.42. The van der Waals surface area contributed by atoms with Crippen molar-refractivity contribution in [3.05, 3.63) is 35.9 Å². The number of nitrogens with zero attached hydrogens (tertiary/aromatic N) is 2. The van der Waals surface area contributed by atoms with Crippen molar-refractivity contribution in [3.8, 4) is 11.3 Å². The standard InChI is InChI=1S/C10H8F2N4/c11-6-3-1-2-5(9(6)12)7-4-8(13)16-10(14)15-7/h1-4H,(H4,13,14,15,16). The van der Waals surface area contributed by atoms with E-state index in [4.69, 9.17) is 11.5 Å². The molecule has 0 atom stereocenters. The minimum absolute atomic E-state index is 0.000741. The third kappa shape index (κ3) is 1.77. The van der Waals surface area contributed by atoms with Crippen LogP contribution in [0.5, 0.6) is 0 Å². The Morgan fingerprint density at radius 3 is 2.50 bits per heavy atom. The molecular formula is C10H8F2N4. The normalized spacial score (nSPS) is 10.4. The highest BCUT2D eigenvalue weighted by atomic mass is 19.2. The van der Waals surface area contributed by atoms with Crippen LogP contribution >= 0.6 is 0 Å². The summed E-state index contributed by atoms with van der Waals surface area (Å²) in [6.07, 6.45) is 0. The van der Waals surface area contributed by atoms with Crippen molar-refractivity contribution < 1.29 is 8.78 Å². The Kier molecular flexibility index (Phi) is 2.40. The average Bonchev–Trinajstić information content (AvgIpc) is 2.20. The van der Waals surface area contributed by atoms with Crippen LogP contribution in [0.2, 0.25) is 0 Å². The van der Waals surface area contributed by atoms with Gasteiger partial charge < -0.3 is 11.5 Å². The largest absolute Gasteiger partial charge is 0.384 e. The molecule has 2 aromatic rings. The fraction of sp³-hybridized carbons (Fsp3) is 0. The number of aromatic nitrogens is 2. The number of hydrogen-bond acceptors (Lipinski definition) is 4. The summed E-state index contributed by atoms with van der Waals surface area (Å²) in [5, 5.41) is 0. The molecule has 0 saturated carbocycles. The van der Waals surface area contributed by atoms with Crippen LogP contribution in [-0.4, -0.2) is 9.97 Å². The van der Waals surface area contributed by atoms with Gasteiger partial charge >= 0.3 is 0 Å². The van der Waals surface area contributed by atoms with Crippen LogP contribution < -0.4 is 11.5 Å². The van der Waals surface area contributed by atoms with Crippen molar-refractivity contribution in [2.75, 3.05) is 11.5 Å². The lowest BCUT2D eigenvalue weighted by atomic mass is 10.1. The van der Waals surface area contributed by atoms with Gasteiger partial charge in [0.2, 0.25) is 5.95 Å². The molecule has 0 bridgehead atoms. The first kappa shape index (κ1) is 10.3. The maximum Gasteiger partial charge on any atom is 0.222 e. The number of anilines is 2. The SMILES string of the molecule is Nc1cc(-c2cccc(F)c2F)nc(N)n1. The molecule has 0 fully saturated rings. The Bertz CT molecular complexity index is 522. The molecule has 0 radical (unpaired) electrons. The van der Waals surface area contributed by atoms with Gasteiger partial charge in [0.1, 0.15) is 5.82 Å². The summed E-state index contributed by atoms with van der Waals surface area (Å²) >= 11 is 0. The molecule has 0 aliphatic rings. The molecule has 0 unspecified atom stereocenters. The molecule has 2 rings (SSSR count). The molecule has 0 amide bonds. The van der Waals surface area contributed by atoms with Gasteiger partial charge in [-0.3, -0.25) is 0 Å². The summed E-state index contributed by atoms with van der Waals surface area (Å²) in [4.78, 5) is 7.43. The van der Waals surface area contributed by atoms with Crippen molar-refractivity contribution in [1.29, 1.82) is 0 Å². The van der Waals surface area contributed by atoms with Gasteiger partial charge in [0.05, 0.1) is 5.69 Å². The molecule has 16 heavy (non-hydrogen) atoms. The summed E-state index contributed by atoms with van der Waals surface area (Å²) in [5.41, 5.74) is 11.0. The number of benzene rings is 1. The maximum absolute atomic E-state index is 13.4. The van der Waals surface area contributed by atoms with Crippen molar-refractivity contribution in [2.45, 2.75) is 0 Å². The second kappa shape index (κ2) is 3.73. The molecule has 0 saturated heterocycles. The van der Waals surface area contributed by atoms with Crippen LogP contribution in [-0.2, 0) is 0 Å². The van der Waals surface area contributed by atoms with E-state index in [0.29, 0.717) is 0 Å². The fourth-order valence-electron chi connectivity index (χ4n) is 1.32. The van der Waals surface area contributed by atoms with Gasteiger partial charge in [0.15, 0.2) is 11.6 Å². The smallest absolute Gasteiger partial charge is 0.222 e. The number of nitrogen functional groups attached to an aromatic ring is 2. The second-order valence-electron chi connectivity index (χ2n) is 3.14. The monoisotopic (exact) mass is 222 g/mol. The van der Waals surface area contributed by atoms with E-state index in [9.17, 15) is 8.78 Å². The highest BCUT2D eigenvalue weighted by Gasteiger charge is 2.11. The van der Waals surface area contributed by atoms with Gasteiger partial charge in [-0.05, 0) is 12.1 Å². The quantitative estimate of drug-likeness (QED) is 0.767. The summed E-state index contributed by atoms with van der Waals surface area (Å²) in [5.74, 6) is -1.92. The Morgan fingerprint density at radius 1 is 1.06 bits per heavy atom. The lowest BCUT2D eigenvalue weighted by Crippen LogP contribution is -2.01. The number of nitrogens with two attached hydrogens (primary N) is 2. The van der Waals surface area contributed by atoms with Gasteiger partial charge in [0, 0.05) is 11.6 Å². The Labute approximate surface area is 89.9 Å². The van der Waals surface area contributed by atoms with Crippen LogP contribution in [0, 0.1) is 11.6 Å². The van der Waals surface area contributed by atoms with Crippen LogP contribution in [0.3, 0.4) is 0 Å². The van der Waals surface area contributed by atoms with Gasteiger partial charge in [-0.25, -0.2) is 13.8 Å². The molecule has 1 aromatic heterocycles. The van der Waals surface area contributed by atoms with E-state index in [0.717, 1.165) is 6.07 Å². The molecule has 1 heterocycles. The fourth-order valence-corrected chi connectivity index (χ4v) is 1.32. The van der Waals surface area contributed by atoms with Crippen molar-refractivity contribution in [3.63, 3.8) is 0 Å². The van der Waals surface area contributed by atoms with Crippen molar-refractivity contribution in [1.82, 2.24) is 9.97 Å². The van der Waals surface area contributed by atoms with Crippen LogP contribution in [0.1, 0.15) is 0 Å². The summed E-state index contributed by atoms with van der Waals surface area (Å²) in [7, 11) is 0. The lowest BCUT2D eigenvalue weighted by molar-refractivity contribution is 0.511. The van der Waals surface area contributed by atoms with Gasteiger partial charge in [0.25, 0.3) is 0 Å². The van der Waals surface area contributed by atoms with E-state index >= 15 is 0 Å². The molecule has 0 aliphatic heterocycles. The zero-order chi connectivity index (χ0) is 11.7. The Balaban J connectivity index is 2.63. The molecule has 1 aromatic carbocycles. The zero-order valence-corrected chi connectivity index (χ0v) is 8.11. The first-order valence-electron chi connectivity index (χ1n) is 4.42. The number of rotatable bonds is 1. The zero-order valence-electron chi connectivity index (χ0n) is 8.11. The van der Waals surface area contributed by atoms with E-state index in [2.05, 4.69) is 9.97 Å². The minimum Gasteiger partial charge on any atom is -0.384 e. The van der Waals surface area contributed by atoms with Crippen LogP contribution in [0.4, 0.5) is 20.5 Å². The lowest BCUT2D eigenvalue weighted by Gasteiger charge is -2.04.